The number of benzene rings is 2. The van der Waals surface area contributed by atoms with Gasteiger partial charge in [0.25, 0.3) is 0 Å². The van der Waals surface area contributed by atoms with Crippen LogP contribution in [0.3, 0.4) is 0 Å². The second kappa shape index (κ2) is 5.96. The van der Waals surface area contributed by atoms with E-state index in [2.05, 4.69) is 0 Å². The molecule has 0 aliphatic carbocycles. The number of rotatable bonds is 5. The summed E-state index contributed by atoms with van der Waals surface area (Å²) in [5, 5.41) is 11.0. The van der Waals surface area contributed by atoms with Crippen molar-refractivity contribution in [1.29, 1.82) is 0 Å². The average molecular weight is 315 g/mol. The molecule has 0 bridgehead atoms. The van der Waals surface area contributed by atoms with Gasteiger partial charge >= 0.3 is 5.69 Å². The smallest absolute Gasteiger partial charge is 0.311 e. The Hall–Kier alpha value is -3.09. The summed E-state index contributed by atoms with van der Waals surface area (Å²) in [5.74, 6) is 0.835. The van der Waals surface area contributed by atoms with Crippen molar-refractivity contribution in [3.05, 3.63) is 57.6 Å². The number of hydrogen-bond acceptors (Lipinski definition) is 6. The lowest BCUT2D eigenvalue weighted by Crippen LogP contribution is -2.12. The second-order valence-electron chi connectivity index (χ2n) is 5.01. The van der Waals surface area contributed by atoms with Gasteiger partial charge in [-0.2, -0.15) is 0 Å². The minimum absolute atomic E-state index is 0.0645. The summed E-state index contributed by atoms with van der Waals surface area (Å²) in [6, 6.07) is 9.39. The van der Waals surface area contributed by atoms with Crippen LogP contribution in [0.4, 0.5) is 5.69 Å². The molecule has 0 aromatic heterocycles. The lowest BCUT2D eigenvalue weighted by Gasteiger charge is -2.07. The SMILES string of the molecule is Cc1ccc(OCC(=O)c2ccc3c(c2)OCO3)c([N+](=O)[O-])c1. The first-order valence-corrected chi connectivity index (χ1v) is 6.85. The van der Waals surface area contributed by atoms with Crippen molar-refractivity contribution >= 4 is 11.5 Å². The molecule has 3 rings (SSSR count). The van der Waals surface area contributed by atoms with Crippen molar-refractivity contribution in [2.45, 2.75) is 6.92 Å². The summed E-state index contributed by atoms with van der Waals surface area (Å²) in [4.78, 5) is 22.7. The molecule has 0 saturated carbocycles. The molecule has 0 unspecified atom stereocenters. The fraction of sp³-hybridized carbons (Fsp3) is 0.188. The molecule has 7 heteroatoms. The third-order valence-corrected chi connectivity index (χ3v) is 3.36. The molecule has 0 N–H and O–H groups in total. The summed E-state index contributed by atoms with van der Waals surface area (Å²) < 4.78 is 15.7. The monoisotopic (exact) mass is 315 g/mol. The van der Waals surface area contributed by atoms with Crippen LogP contribution in [0.5, 0.6) is 17.2 Å². The van der Waals surface area contributed by atoms with Crippen LogP contribution < -0.4 is 14.2 Å². The fourth-order valence-electron chi connectivity index (χ4n) is 2.19. The minimum atomic E-state index is -0.534. The van der Waals surface area contributed by atoms with Gasteiger partial charge in [-0.05, 0) is 36.8 Å². The molecule has 23 heavy (non-hydrogen) atoms. The maximum Gasteiger partial charge on any atom is 0.311 e. The first kappa shape index (κ1) is 14.8. The zero-order valence-electron chi connectivity index (χ0n) is 12.3. The quantitative estimate of drug-likeness (QED) is 0.479. The Bertz CT molecular complexity index is 786. The van der Waals surface area contributed by atoms with Crippen LogP contribution in [0.15, 0.2) is 36.4 Å². The predicted molar refractivity (Wildman–Crippen MR) is 80.2 cm³/mol. The van der Waals surface area contributed by atoms with Gasteiger partial charge in [0, 0.05) is 11.6 Å². The zero-order chi connectivity index (χ0) is 16.4. The van der Waals surface area contributed by atoms with Crippen LogP contribution in [-0.2, 0) is 0 Å². The Morgan fingerprint density at radius 3 is 2.78 bits per heavy atom. The maximum atomic E-state index is 12.2. The van der Waals surface area contributed by atoms with E-state index in [0.29, 0.717) is 17.1 Å². The highest BCUT2D eigenvalue weighted by Gasteiger charge is 2.19. The molecule has 0 atom stereocenters. The normalized spacial score (nSPS) is 12.0. The second-order valence-corrected chi connectivity index (χ2v) is 5.01. The lowest BCUT2D eigenvalue weighted by molar-refractivity contribution is -0.385. The van der Waals surface area contributed by atoms with E-state index in [1.54, 1.807) is 31.2 Å². The molecular formula is C16H13NO6. The Morgan fingerprint density at radius 2 is 2.00 bits per heavy atom. The molecule has 1 aliphatic heterocycles. The van der Waals surface area contributed by atoms with Crippen LogP contribution in [0, 0.1) is 17.0 Å². The van der Waals surface area contributed by atoms with Crippen molar-refractivity contribution in [2.24, 2.45) is 0 Å². The van der Waals surface area contributed by atoms with E-state index in [1.165, 1.54) is 12.1 Å². The molecule has 0 amide bonds. The summed E-state index contributed by atoms with van der Waals surface area (Å²) >= 11 is 0. The highest BCUT2D eigenvalue weighted by molar-refractivity contribution is 5.98. The van der Waals surface area contributed by atoms with Crippen molar-refractivity contribution in [3.8, 4) is 17.2 Å². The largest absolute Gasteiger partial charge is 0.478 e. The number of nitro groups is 1. The summed E-state index contributed by atoms with van der Waals surface area (Å²) in [6.07, 6.45) is 0. The molecule has 1 aliphatic rings. The molecule has 7 nitrogen and oxygen atoms in total. The Labute approximate surface area is 131 Å². The van der Waals surface area contributed by atoms with E-state index in [-0.39, 0.29) is 30.6 Å². The Kier molecular flexibility index (Phi) is 3.84. The average Bonchev–Trinajstić information content (AvgIpc) is 3.00. The zero-order valence-corrected chi connectivity index (χ0v) is 12.3. The molecule has 0 radical (unpaired) electrons. The third-order valence-electron chi connectivity index (χ3n) is 3.36. The van der Waals surface area contributed by atoms with Crippen LogP contribution >= 0.6 is 0 Å². The molecule has 0 spiro atoms. The molecular weight excluding hydrogens is 302 g/mol. The fourth-order valence-corrected chi connectivity index (χ4v) is 2.19. The first-order chi connectivity index (χ1) is 11.0. The number of carbonyl (C=O) groups is 1. The Balaban J connectivity index is 1.73. The Morgan fingerprint density at radius 1 is 1.22 bits per heavy atom. The van der Waals surface area contributed by atoms with Crippen LogP contribution in [0.1, 0.15) is 15.9 Å². The number of ether oxygens (including phenoxy) is 3. The number of Topliss-reactive ketones (excluding diaryl/α,β-unsaturated/α-hetero) is 1. The van der Waals surface area contributed by atoms with Gasteiger partial charge in [-0.15, -0.1) is 0 Å². The first-order valence-electron chi connectivity index (χ1n) is 6.85. The highest BCUT2D eigenvalue weighted by atomic mass is 16.7. The predicted octanol–water partition coefficient (Wildman–Crippen LogP) is 2.89. The van der Waals surface area contributed by atoms with Crippen LogP contribution in [0.2, 0.25) is 0 Å². The summed E-state index contributed by atoms with van der Waals surface area (Å²) in [6.45, 7) is 1.57. The van der Waals surface area contributed by atoms with E-state index in [0.717, 1.165) is 5.56 Å². The summed E-state index contributed by atoms with van der Waals surface area (Å²) in [7, 11) is 0. The summed E-state index contributed by atoms with van der Waals surface area (Å²) in [5.41, 5.74) is 0.971. The van der Waals surface area contributed by atoms with E-state index in [1.807, 2.05) is 0 Å². The molecule has 118 valence electrons. The van der Waals surface area contributed by atoms with E-state index in [9.17, 15) is 14.9 Å². The standard InChI is InChI=1S/C16H13NO6/c1-10-2-4-14(12(6-10)17(19)20)21-8-13(18)11-3-5-15-16(7-11)23-9-22-15/h2-7H,8-9H2,1H3. The number of fused-ring (bicyclic) bond motifs is 1. The van der Waals surface area contributed by atoms with Gasteiger partial charge in [-0.25, -0.2) is 0 Å². The van der Waals surface area contributed by atoms with Gasteiger partial charge in [-0.1, -0.05) is 6.07 Å². The van der Waals surface area contributed by atoms with Crippen molar-refractivity contribution in [2.75, 3.05) is 13.4 Å². The minimum Gasteiger partial charge on any atom is -0.478 e. The van der Waals surface area contributed by atoms with Gasteiger partial charge < -0.3 is 14.2 Å². The number of aryl methyl sites for hydroxylation is 1. The van der Waals surface area contributed by atoms with Gasteiger partial charge in [0.2, 0.25) is 6.79 Å². The lowest BCUT2D eigenvalue weighted by atomic mass is 10.1. The molecule has 1 heterocycles. The highest BCUT2D eigenvalue weighted by Crippen LogP contribution is 2.33. The van der Waals surface area contributed by atoms with E-state index >= 15 is 0 Å². The third kappa shape index (κ3) is 3.08. The van der Waals surface area contributed by atoms with Crippen molar-refractivity contribution < 1.29 is 23.9 Å². The van der Waals surface area contributed by atoms with Gasteiger partial charge in [0.1, 0.15) is 0 Å². The van der Waals surface area contributed by atoms with Gasteiger partial charge in [0.05, 0.1) is 4.92 Å². The number of nitrogens with zero attached hydrogens (tertiary/aromatic N) is 1. The van der Waals surface area contributed by atoms with E-state index in [4.69, 9.17) is 14.2 Å². The van der Waals surface area contributed by atoms with Crippen LogP contribution in [0.25, 0.3) is 0 Å². The van der Waals surface area contributed by atoms with Crippen molar-refractivity contribution in [1.82, 2.24) is 0 Å². The van der Waals surface area contributed by atoms with Crippen molar-refractivity contribution in [3.63, 3.8) is 0 Å². The maximum absolute atomic E-state index is 12.2. The topological polar surface area (TPSA) is 87.9 Å². The van der Waals surface area contributed by atoms with Crippen LogP contribution in [-0.4, -0.2) is 24.1 Å². The number of ketones is 1. The number of carbonyl (C=O) groups excluding carboxylic acids is 1. The molecule has 2 aromatic rings. The van der Waals surface area contributed by atoms with E-state index < -0.39 is 4.92 Å². The number of nitro benzene ring substituents is 1. The van der Waals surface area contributed by atoms with Gasteiger partial charge in [-0.3, -0.25) is 14.9 Å². The molecule has 0 saturated heterocycles. The molecule has 0 fully saturated rings. The molecule has 2 aromatic carbocycles. The number of hydrogen-bond donors (Lipinski definition) is 0. The van der Waals surface area contributed by atoms with Gasteiger partial charge in [0.15, 0.2) is 29.6 Å².